The summed E-state index contributed by atoms with van der Waals surface area (Å²) in [5.74, 6) is -1.32. The molecule has 0 fully saturated rings. The van der Waals surface area contributed by atoms with Gasteiger partial charge in [-0.15, -0.1) is 11.3 Å². The molecular weight excluding hydrogens is 290 g/mol. The fraction of sp³-hybridized carbons (Fsp3) is 0.333. The van der Waals surface area contributed by atoms with Crippen LogP contribution >= 0.6 is 11.3 Å². The number of nitrogens with zero attached hydrogens (tertiary/aromatic N) is 1. The number of amides is 1. The molecule has 1 amide bonds. The van der Waals surface area contributed by atoms with Gasteiger partial charge in [-0.25, -0.2) is 4.79 Å². The van der Waals surface area contributed by atoms with E-state index in [1.807, 2.05) is 24.3 Å². The Morgan fingerprint density at radius 2 is 2.05 bits per heavy atom. The van der Waals surface area contributed by atoms with E-state index in [0.29, 0.717) is 11.5 Å². The lowest BCUT2D eigenvalue weighted by atomic mass is 10.1. The zero-order valence-corrected chi connectivity index (χ0v) is 12.9. The SMILES string of the molecule is COCc1c(C(=O)N(C)[C@@H](C)C(=O)O)sc2ccccc12. The molecule has 0 aliphatic rings. The zero-order valence-electron chi connectivity index (χ0n) is 12.1. The maximum Gasteiger partial charge on any atom is 0.326 e. The van der Waals surface area contributed by atoms with Crippen LogP contribution in [-0.4, -0.2) is 42.1 Å². The lowest BCUT2D eigenvalue weighted by molar-refractivity contribution is -0.141. The van der Waals surface area contributed by atoms with Crippen molar-refractivity contribution in [2.75, 3.05) is 14.2 Å². The van der Waals surface area contributed by atoms with Crippen molar-refractivity contribution in [1.82, 2.24) is 4.90 Å². The molecule has 5 nitrogen and oxygen atoms in total. The van der Waals surface area contributed by atoms with Gasteiger partial charge in [-0.2, -0.15) is 0 Å². The summed E-state index contributed by atoms with van der Waals surface area (Å²) in [6.07, 6.45) is 0. The van der Waals surface area contributed by atoms with Gasteiger partial charge in [0.2, 0.25) is 0 Å². The average molecular weight is 307 g/mol. The molecule has 6 heteroatoms. The van der Waals surface area contributed by atoms with E-state index in [1.54, 1.807) is 7.11 Å². The molecule has 1 aromatic carbocycles. The van der Waals surface area contributed by atoms with Gasteiger partial charge < -0.3 is 14.7 Å². The number of likely N-dealkylation sites (N-methyl/N-ethyl adjacent to an activating group) is 1. The summed E-state index contributed by atoms with van der Waals surface area (Å²) in [4.78, 5) is 25.4. The third kappa shape index (κ3) is 2.91. The summed E-state index contributed by atoms with van der Waals surface area (Å²) in [6.45, 7) is 1.81. The number of hydrogen-bond donors (Lipinski definition) is 1. The highest BCUT2D eigenvalue weighted by atomic mass is 32.1. The van der Waals surface area contributed by atoms with E-state index in [2.05, 4.69) is 0 Å². The predicted octanol–water partition coefficient (Wildman–Crippen LogP) is 2.59. The molecule has 112 valence electrons. The third-order valence-corrected chi connectivity index (χ3v) is 4.64. The molecule has 0 saturated heterocycles. The molecule has 0 radical (unpaired) electrons. The first kappa shape index (κ1) is 15.5. The van der Waals surface area contributed by atoms with Gasteiger partial charge in [-0.05, 0) is 18.4 Å². The summed E-state index contributed by atoms with van der Waals surface area (Å²) in [5.41, 5.74) is 0.813. The van der Waals surface area contributed by atoms with Crippen molar-refractivity contribution in [2.45, 2.75) is 19.6 Å². The van der Waals surface area contributed by atoms with Crippen LogP contribution in [0.15, 0.2) is 24.3 Å². The van der Waals surface area contributed by atoms with Gasteiger partial charge in [0.15, 0.2) is 0 Å². The minimum Gasteiger partial charge on any atom is -0.480 e. The standard InChI is InChI=1S/C15H17NO4S/c1-9(15(18)19)16(2)14(17)13-11(8-20-3)10-6-4-5-7-12(10)21-13/h4-7,9H,8H2,1-3H3,(H,18,19)/t9-/m0/s1. The maximum absolute atomic E-state index is 12.6. The van der Waals surface area contributed by atoms with E-state index < -0.39 is 12.0 Å². The average Bonchev–Trinajstić information content (AvgIpc) is 2.84. The number of fused-ring (bicyclic) bond motifs is 1. The number of thiophene rings is 1. The quantitative estimate of drug-likeness (QED) is 0.922. The van der Waals surface area contributed by atoms with Crippen molar-refractivity contribution in [3.05, 3.63) is 34.7 Å². The maximum atomic E-state index is 12.6. The highest BCUT2D eigenvalue weighted by molar-refractivity contribution is 7.21. The summed E-state index contributed by atoms with van der Waals surface area (Å²) in [6, 6.07) is 6.83. The molecule has 0 bridgehead atoms. The van der Waals surface area contributed by atoms with Crippen molar-refractivity contribution < 1.29 is 19.4 Å². The summed E-state index contributed by atoms with van der Waals surface area (Å²) in [7, 11) is 3.08. The topological polar surface area (TPSA) is 66.8 Å². The van der Waals surface area contributed by atoms with Crippen LogP contribution in [0.4, 0.5) is 0 Å². The molecular formula is C15H17NO4S. The predicted molar refractivity (Wildman–Crippen MR) is 81.7 cm³/mol. The number of methoxy groups -OCH3 is 1. The van der Waals surface area contributed by atoms with Crippen molar-refractivity contribution in [3.8, 4) is 0 Å². The lowest BCUT2D eigenvalue weighted by Gasteiger charge is -2.21. The molecule has 1 aromatic heterocycles. The first-order chi connectivity index (χ1) is 9.97. The largest absolute Gasteiger partial charge is 0.480 e. The normalized spacial score (nSPS) is 12.3. The number of benzene rings is 1. The molecule has 0 aliphatic carbocycles. The Morgan fingerprint density at radius 1 is 1.38 bits per heavy atom. The van der Waals surface area contributed by atoms with Gasteiger partial charge in [0, 0.05) is 24.4 Å². The van der Waals surface area contributed by atoms with E-state index in [9.17, 15) is 9.59 Å². The number of rotatable bonds is 5. The van der Waals surface area contributed by atoms with Crippen LogP contribution in [0.5, 0.6) is 0 Å². The van der Waals surface area contributed by atoms with Crippen molar-refractivity contribution in [3.63, 3.8) is 0 Å². The Bertz CT molecular complexity index is 679. The minimum atomic E-state index is -1.03. The Balaban J connectivity index is 2.47. The molecule has 1 atom stereocenters. The molecule has 2 rings (SSSR count). The first-order valence-electron chi connectivity index (χ1n) is 6.46. The van der Waals surface area contributed by atoms with Crippen LogP contribution in [0.25, 0.3) is 10.1 Å². The summed E-state index contributed by atoms with van der Waals surface area (Å²) < 4.78 is 6.18. The van der Waals surface area contributed by atoms with E-state index in [-0.39, 0.29) is 5.91 Å². The summed E-state index contributed by atoms with van der Waals surface area (Å²) >= 11 is 1.37. The number of carboxylic acid groups (broad SMARTS) is 1. The summed E-state index contributed by atoms with van der Waals surface area (Å²) in [5, 5.41) is 10.0. The van der Waals surface area contributed by atoms with E-state index in [0.717, 1.165) is 15.6 Å². The number of carbonyl (C=O) groups is 2. The van der Waals surface area contributed by atoms with Gasteiger partial charge >= 0.3 is 5.97 Å². The van der Waals surface area contributed by atoms with Crippen LogP contribution in [0.3, 0.4) is 0 Å². The number of hydrogen-bond acceptors (Lipinski definition) is 4. The van der Waals surface area contributed by atoms with Crippen molar-refractivity contribution in [1.29, 1.82) is 0 Å². The minimum absolute atomic E-state index is 0.293. The first-order valence-corrected chi connectivity index (χ1v) is 7.28. The van der Waals surface area contributed by atoms with Crippen LogP contribution in [-0.2, 0) is 16.1 Å². The molecule has 0 aliphatic heterocycles. The Labute approximate surface area is 126 Å². The highest BCUT2D eigenvalue weighted by Crippen LogP contribution is 2.32. The number of aliphatic carboxylic acids is 1. The van der Waals surface area contributed by atoms with Crippen molar-refractivity contribution >= 4 is 33.3 Å². The van der Waals surface area contributed by atoms with Gasteiger partial charge in [0.25, 0.3) is 5.91 Å². The monoisotopic (exact) mass is 307 g/mol. The zero-order chi connectivity index (χ0) is 15.6. The molecule has 0 saturated carbocycles. The lowest BCUT2D eigenvalue weighted by Crippen LogP contribution is -2.40. The smallest absolute Gasteiger partial charge is 0.326 e. The Kier molecular flexibility index (Phi) is 4.59. The Hall–Kier alpha value is -1.92. The van der Waals surface area contributed by atoms with Crippen LogP contribution in [0.1, 0.15) is 22.2 Å². The molecule has 1 N–H and O–H groups in total. The van der Waals surface area contributed by atoms with E-state index in [1.165, 1.54) is 30.2 Å². The van der Waals surface area contributed by atoms with E-state index in [4.69, 9.17) is 9.84 Å². The molecule has 0 spiro atoms. The number of carboxylic acids is 1. The molecule has 2 aromatic rings. The van der Waals surface area contributed by atoms with Gasteiger partial charge in [-0.3, -0.25) is 4.79 Å². The van der Waals surface area contributed by atoms with Crippen LogP contribution in [0, 0.1) is 0 Å². The molecule has 1 heterocycles. The molecule has 21 heavy (non-hydrogen) atoms. The molecule has 0 unspecified atom stereocenters. The van der Waals surface area contributed by atoms with Crippen molar-refractivity contribution in [2.24, 2.45) is 0 Å². The van der Waals surface area contributed by atoms with Gasteiger partial charge in [0.05, 0.1) is 11.5 Å². The second kappa shape index (κ2) is 6.24. The van der Waals surface area contributed by atoms with Gasteiger partial charge in [-0.1, -0.05) is 18.2 Å². The number of ether oxygens (including phenoxy) is 1. The fourth-order valence-electron chi connectivity index (χ4n) is 2.06. The second-order valence-electron chi connectivity index (χ2n) is 4.77. The number of carbonyl (C=O) groups excluding carboxylic acids is 1. The van der Waals surface area contributed by atoms with E-state index >= 15 is 0 Å². The van der Waals surface area contributed by atoms with Crippen LogP contribution < -0.4 is 0 Å². The highest BCUT2D eigenvalue weighted by Gasteiger charge is 2.26. The van der Waals surface area contributed by atoms with Gasteiger partial charge in [0.1, 0.15) is 6.04 Å². The second-order valence-corrected chi connectivity index (χ2v) is 5.82. The fourth-order valence-corrected chi connectivity index (χ4v) is 3.25. The Morgan fingerprint density at radius 3 is 2.67 bits per heavy atom. The van der Waals surface area contributed by atoms with Crippen LogP contribution in [0.2, 0.25) is 0 Å². The third-order valence-electron chi connectivity index (χ3n) is 3.44.